The SMILES string of the molecule is CNC1CCCN(c2cnccn2)C1. The molecule has 1 atom stereocenters. The molecule has 1 aromatic rings. The summed E-state index contributed by atoms with van der Waals surface area (Å²) >= 11 is 0. The summed E-state index contributed by atoms with van der Waals surface area (Å²) in [6.45, 7) is 2.13. The molecule has 1 aliphatic heterocycles. The second kappa shape index (κ2) is 4.37. The van der Waals surface area contributed by atoms with Crippen LogP contribution in [0.2, 0.25) is 0 Å². The van der Waals surface area contributed by atoms with E-state index < -0.39 is 0 Å². The van der Waals surface area contributed by atoms with Crippen molar-refractivity contribution in [3.8, 4) is 0 Å². The summed E-state index contributed by atoms with van der Waals surface area (Å²) in [5, 5.41) is 3.31. The third-order valence-electron chi connectivity index (χ3n) is 2.70. The number of nitrogens with one attached hydrogen (secondary N) is 1. The molecule has 0 saturated carbocycles. The van der Waals surface area contributed by atoms with Gasteiger partial charge in [-0.25, -0.2) is 4.98 Å². The van der Waals surface area contributed by atoms with Crippen molar-refractivity contribution < 1.29 is 0 Å². The second-order valence-corrected chi connectivity index (χ2v) is 3.64. The van der Waals surface area contributed by atoms with E-state index in [-0.39, 0.29) is 0 Å². The van der Waals surface area contributed by atoms with Crippen molar-refractivity contribution in [2.45, 2.75) is 18.9 Å². The first-order chi connectivity index (χ1) is 6.90. The maximum atomic E-state index is 4.31. The summed E-state index contributed by atoms with van der Waals surface area (Å²) in [5.41, 5.74) is 0. The summed E-state index contributed by atoms with van der Waals surface area (Å²) in [6, 6.07) is 0.589. The molecular formula is C10H16N4. The lowest BCUT2D eigenvalue weighted by molar-refractivity contribution is 0.447. The van der Waals surface area contributed by atoms with Gasteiger partial charge in [-0.3, -0.25) is 4.98 Å². The molecule has 4 nitrogen and oxygen atoms in total. The second-order valence-electron chi connectivity index (χ2n) is 3.64. The minimum absolute atomic E-state index is 0.589. The maximum absolute atomic E-state index is 4.31. The zero-order valence-corrected chi connectivity index (χ0v) is 8.48. The zero-order valence-electron chi connectivity index (χ0n) is 8.48. The topological polar surface area (TPSA) is 41.0 Å². The molecule has 14 heavy (non-hydrogen) atoms. The van der Waals surface area contributed by atoms with Crippen LogP contribution < -0.4 is 10.2 Å². The van der Waals surface area contributed by atoms with Gasteiger partial charge >= 0.3 is 0 Å². The first kappa shape index (κ1) is 9.40. The van der Waals surface area contributed by atoms with E-state index in [0.717, 1.165) is 18.9 Å². The Balaban J connectivity index is 2.04. The van der Waals surface area contributed by atoms with Crippen LogP contribution in [-0.4, -0.2) is 36.1 Å². The highest BCUT2D eigenvalue weighted by molar-refractivity contribution is 5.35. The first-order valence-electron chi connectivity index (χ1n) is 5.08. The van der Waals surface area contributed by atoms with Crippen LogP contribution in [0.5, 0.6) is 0 Å². The van der Waals surface area contributed by atoms with Crippen LogP contribution in [0.1, 0.15) is 12.8 Å². The van der Waals surface area contributed by atoms with Crippen molar-refractivity contribution in [1.82, 2.24) is 15.3 Å². The van der Waals surface area contributed by atoms with Gasteiger partial charge in [0.25, 0.3) is 0 Å². The highest BCUT2D eigenvalue weighted by Crippen LogP contribution is 2.15. The summed E-state index contributed by atoms with van der Waals surface area (Å²) in [7, 11) is 2.02. The number of aromatic nitrogens is 2. The number of piperidine rings is 1. The van der Waals surface area contributed by atoms with Gasteiger partial charge in [0.2, 0.25) is 0 Å². The van der Waals surface area contributed by atoms with Crippen LogP contribution in [-0.2, 0) is 0 Å². The van der Waals surface area contributed by atoms with Crippen molar-refractivity contribution in [1.29, 1.82) is 0 Å². The van der Waals surface area contributed by atoms with E-state index in [1.54, 1.807) is 12.4 Å². The molecule has 2 rings (SSSR count). The van der Waals surface area contributed by atoms with Gasteiger partial charge in [-0.1, -0.05) is 0 Å². The van der Waals surface area contributed by atoms with Crippen molar-refractivity contribution in [3.63, 3.8) is 0 Å². The van der Waals surface area contributed by atoms with Crippen molar-refractivity contribution in [2.24, 2.45) is 0 Å². The molecule has 1 aromatic heterocycles. The van der Waals surface area contributed by atoms with E-state index in [0.29, 0.717) is 6.04 Å². The van der Waals surface area contributed by atoms with E-state index in [1.807, 2.05) is 13.2 Å². The van der Waals surface area contributed by atoms with Crippen LogP contribution in [0.15, 0.2) is 18.6 Å². The minimum atomic E-state index is 0.589. The smallest absolute Gasteiger partial charge is 0.147 e. The molecule has 1 N–H and O–H groups in total. The standard InChI is InChI=1S/C10H16N4/c1-11-9-3-2-6-14(8-9)10-7-12-4-5-13-10/h4-5,7,9,11H,2-3,6,8H2,1H3. The Morgan fingerprint density at radius 2 is 2.43 bits per heavy atom. The first-order valence-corrected chi connectivity index (χ1v) is 5.08. The zero-order chi connectivity index (χ0) is 9.80. The summed E-state index contributed by atoms with van der Waals surface area (Å²) < 4.78 is 0. The number of nitrogens with zero attached hydrogens (tertiary/aromatic N) is 3. The lowest BCUT2D eigenvalue weighted by Crippen LogP contribution is -2.44. The molecule has 76 valence electrons. The van der Waals surface area contributed by atoms with E-state index in [2.05, 4.69) is 20.2 Å². The third-order valence-corrected chi connectivity index (χ3v) is 2.70. The van der Waals surface area contributed by atoms with Gasteiger partial charge in [-0.05, 0) is 19.9 Å². The molecule has 0 bridgehead atoms. The lowest BCUT2D eigenvalue weighted by atomic mass is 10.1. The highest BCUT2D eigenvalue weighted by atomic mass is 15.2. The minimum Gasteiger partial charge on any atom is -0.354 e. The fraction of sp³-hybridized carbons (Fsp3) is 0.600. The molecule has 4 heteroatoms. The van der Waals surface area contributed by atoms with Gasteiger partial charge in [0, 0.05) is 31.5 Å². The average Bonchev–Trinajstić information content (AvgIpc) is 2.30. The molecular weight excluding hydrogens is 176 g/mol. The van der Waals surface area contributed by atoms with E-state index in [9.17, 15) is 0 Å². The van der Waals surface area contributed by atoms with Crippen molar-refractivity contribution in [3.05, 3.63) is 18.6 Å². The maximum Gasteiger partial charge on any atom is 0.147 e. The molecule has 0 spiro atoms. The normalized spacial score (nSPS) is 22.4. The summed E-state index contributed by atoms with van der Waals surface area (Å²) in [4.78, 5) is 10.7. The lowest BCUT2D eigenvalue weighted by Gasteiger charge is -2.33. The van der Waals surface area contributed by atoms with Gasteiger partial charge < -0.3 is 10.2 Å². The van der Waals surface area contributed by atoms with Gasteiger partial charge in [0.15, 0.2) is 0 Å². The van der Waals surface area contributed by atoms with E-state index >= 15 is 0 Å². The van der Waals surface area contributed by atoms with Crippen LogP contribution >= 0.6 is 0 Å². The Hall–Kier alpha value is -1.16. The van der Waals surface area contributed by atoms with Crippen LogP contribution in [0, 0.1) is 0 Å². The van der Waals surface area contributed by atoms with Crippen molar-refractivity contribution >= 4 is 5.82 Å². The monoisotopic (exact) mass is 192 g/mol. The van der Waals surface area contributed by atoms with E-state index in [1.165, 1.54) is 12.8 Å². The van der Waals surface area contributed by atoms with Gasteiger partial charge in [-0.2, -0.15) is 0 Å². The Labute approximate surface area is 84.4 Å². The Morgan fingerprint density at radius 3 is 3.14 bits per heavy atom. The number of rotatable bonds is 2. The summed E-state index contributed by atoms with van der Waals surface area (Å²) in [5.74, 6) is 0.993. The fourth-order valence-corrected chi connectivity index (χ4v) is 1.88. The van der Waals surface area contributed by atoms with E-state index in [4.69, 9.17) is 0 Å². The fourth-order valence-electron chi connectivity index (χ4n) is 1.88. The number of likely N-dealkylation sites (N-methyl/N-ethyl adjacent to an activating group) is 1. The molecule has 1 saturated heterocycles. The molecule has 0 aromatic carbocycles. The number of hydrogen-bond acceptors (Lipinski definition) is 4. The molecule has 1 unspecified atom stereocenters. The number of anilines is 1. The van der Waals surface area contributed by atoms with Gasteiger partial charge in [0.1, 0.15) is 5.82 Å². The molecule has 2 heterocycles. The molecule has 0 amide bonds. The van der Waals surface area contributed by atoms with Crippen LogP contribution in [0.3, 0.4) is 0 Å². The molecule has 1 aliphatic rings. The van der Waals surface area contributed by atoms with Gasteiger partial charge in [-0.15, -0.1) is 0 Å². The predicted molar refractivity (Wildman–Crippen MR) is 56.3 cm³/mol. The largest absolute Gasteiger partial charge is 0.354 e. The molecule has 0 aliphatic carbocycles. The van der Waals surface area contributed by atoms with Crippen LogP contribution in [0.4, 0.5) is 5.82 Å². The Morgan fingerprint density at radius 1 is 1.50 bits per heavy atom. The summed E-state index contributed by atoms with van der Waals surface area (Å²) in [6.07, 6.45) is 7.77. The van der Waals surface area contributed by atoms with Crippen LogP contribution in [0.25, 0.3) is 0 Å². The number of hydrogen-bond donors (Lipinski definition) is 1. The average molecular weight is 192 g/mol. The van der Waals surface area contributed by atoms with Gasteiger partial charge in [0.05, 0.1) is 6.20 Å². The Kier molecular flexibility index (Phi) is 2.93. The van der Waals surface area contributed by atoms with Crippen molar-refractivity contribution in [2.75, 3.05) is 25.0 Å². The highest BCUT2D eigenvalue weighted by Gasteiger charge is 2.19. The Bertz CT molecular complexity index is 275. The molecule has 0 radical (unpaired) electrons. The predicted octanol–water partition coefficient (Wildman–Crippen LogP) is 0.665. The quantitative estimate of drug-likeness (QED) is 0.747. The third kappa shape index (κ3) is 2.01. The molecule has 1 fully saturated rings.